The van der Waals surface area contributed by atoms with E-state index in [1.807, 2.05) is 49.8 Å². The van der Waals surface area contributed by atoms with Crippen LogP contribution in [0.4, 0.5) is 0 Å². The highest BCUT2D eigenvalue weighted by molar-refractivity contribution is 6.31. The van der Waals surface area contributed by atoms with Crippen LogP contribution in [0.25, 0.3) is 0 Å². The summed E-state index contributed by atoms with van der Waals surface area (Å²) >= 11 is 6.17. The van der Waals surface area contributed by atoms with Crippen molar-refractivity contribution in [2.45, 2.75) is 12.5 Å². The van der Waals surface area contributed by atoms with E-state index in [4.69, 9.17) is 11.6 Å². The van der Waals surface area contributed by atoms with E-state index in [0.29, 0.717) is 0 Å². The molecule has 0 aliphatic heterocycles. The molecule has 3 heteroatoms. The van der Waals surface area contributed by atoms with Crippen molar-refractivity contribution in [1.29, 1.82) is 0 Å². The van der Waals surface area contributed by atoms with E-state index in [9.17, 15) is 0 Å². The number of benzene rings is 1. The summed E-state index contributed by atoms with van der Waals surface area (Å²) in [7, 11) is 1.96. The van der Waals surface area contributed by atoms with E-state index in [1.54, 1.807) is 0 Å². The van der Waals surface area contributed by atoms with E-state index >= 15 is 0 Å². The number of hydrogen-bond donors (Lipinski definition) is 1. The van der Waals surface area contributed by atoms with Gasteiger partial charge in [-0.15, -0.1) is 0 Å². The van der Waals surface area contributed by atoms with Gasteiger partial charge in [0.15, 0.2) is 0 Å². The molecule has 0 fully saturated rings. The first-order valence-corrected chi connectivity index (χ1v) is 5.99. The maximum absolute atomic E-state index is 6.17. The van der Waals surface area contributed by atoms with Gasteiger partial charge in [-0.2, -0.15) is 0 Å². The highest BCUT2D eigenvalue weighted by atomic mass is 35.5. The van der Waals surface area contributed by atoms with Crippen LogP contribution >= 0.6 is 11.6 Å². The fourth-order valence-electron chi connectivity index (χ4n) is 1.87. The zero-order chi connectivity index (χ0) is 12.1. The Morgan fingerprint density at radius 3 is 2.53 bits per heavy atom. The van der Waals surface area contributed by atoms with E-state index < -0.39 is 0 Å². The SMILES string of the molecule is CNC(Cc1ccccc1Cl)c1ccncc1. The van der Waals surface area contributed by atoms with Crippen LogP contribution in [0.5, 0.6) is 0 Å². The molecule has 1 heterocycles. The lowest BCUT2D eigenvalue weighted by Crippen LogP contribution is -2.18. The second-order valence-electron chi connectivity index (χ2n) is 3.92. The molecule has 1 unspecified atom stereocenters. The summed E-state index contributed by atoms with van der Waals surface area (Å²) in [5.41, 5.74) is 2.38. The predicted molar refractivity (Wildman–Crippen MR) is 71.2 cm³/mol. The normalized spacial score (nSPS) is 12.4. The van der Waals surface area contributed by atoms with Crippen molar-refractivity contribution in [3.8, 4) is 0 Å². The zero-order valence-corrected chi connectivity index (χ0v) is 10.5. The number of nitrogens with zero attached hydrogens (tertiary/aromatic N) is 1. The Balaban J connectivity index is 2.19. The molecule has 2 nitrogen and oxygen atoms in total. The third-order valence-electron chi connectivity index (χ3n) is 2.84. The molecule has 0 radical (unpaired) electrons. The standard InChI is InChI=1S/C14H15ClN2/c1-16-14(11-6-8-17-9-7-11)10-12-4-2-3-5-13(12)15/h2-9,14,16H,10H2,1H3. The summed E-state index contributed by atoms with van der Waals surface area (Å²) in [6.07, 6.45) is 4.50. The molecule has 0 saturated carbocycles. The fraction of sp³-hybridized carbons (Fsp3) is 0.214. The Morgan fingerprint density at radius 1 is 1.18 bits per heavy atom. The molecule has 0 aliphatic rings. The minimum atomic E-state index is 0.262. The minimum absolute atomic E-state index is 0.262. The first kappa shape index (κ1) is 12.1. The molecule has 1 aromatic heterocycles. The van der Waals surface area contributed by atoms with Gasteiger partial charge in [0, 0.05) is 23.5 Å². The number of nitrogens with one attached hydrogen (secondary N) is 1. The molecule has 1 atom stereocenters. The molecule has 2 aromatic rings. The molecule has 0 saturated heterocycles. The van der Waals surface area contributed by atoms with E-state index in [2.05, 4.69) is 16.4 Å². The van der Waals surface area contributed by atoms with Gasteiger partial charge in [0.2, 0.25) is 0 Å². The maximum atomic E-state index is 6.17. The summed E-state index contributed by atoms with van der Waals surface area (Å²) in [4.78, 5) is 4.03. The molecule has 0 spiro atoms. The van der Waals surface area contributed by atoms with Gasteiger partial charge in [-0.05, 0) is 42.8 Å². The van der Waals surface area contributed by atoms with Crippen LogP contribution in [0.1, 0.15) is 17.2 Å². The second-order valence-corrected chi connectivity index (χ2v) is 4.32. The lowest BCUT2D eigenvalue weighted by atomic mass is 10.00. The van der Waals surface area contributed by atoms with Crippen LogP contribution in [0.15, 0.2) is 48.8 Å². The Bertz CT molecular complexity index is 471. The fourth-order valence-corrected chi connectivity index (χ4v) is 2.08. The van der Waals surface area contributed by atoms with E-state index in [0.717, 1.165) is 17.0 Å². The lowest BCUT2D eigenvalue weighted by Gasteiger charge is -2.17. The van der Waals surface area contributed by atoms with Gasteiger partial charge in [0.25, 0.3) is 0 Å². The smallest absolute Gasteiger partial charge is 0.0438 e. The van der Waals surface area contributed by atoms with Crippen LogP contribution in [-0.2, 0) is 6.42 Å². The van der Waals surface area contributed by atoms with Gasteiger partial charge in [-0.25, -0.2) is 0 Å². The lowest BCUT2D eigenvalue weighted by molar-refractivity contribution is 0.591. The molecular formula is C14H15ClN2. The van der Waals surface area contributed by atoms with Crippen LogP contribution in [0.3, 0.4) is 0 Å². The monoisotopic (exact) mass is 246 g/mol. The second kappa shape index (κ2) is 5.80. The van der Waals surface area contributed by atoms with Gasteiger partial charge in [-0.3, -0.25) is 4.98 Å². The van der Waals surface area contributed by atoms with Gasteiger partial charge in [0.05, 0.1) is 0 Å². The number of halogens is 1. The van der Waals surface area contributed by atoms with Gasteiger partial charge < -0.3 is 5.32 Å². The number of hydrogen-bond acceptors (Lipinski definition) is 2. The number of likely N-dealkylation sites (N-methyl/N-ethyl adjacent to an activating group) is 1. The average molecular weight is 247 g/mol. The van der Waals surface area contributed by atoms with Gasteiger partial charge >= 0.3 is 0 Å². The van der Waals surface area contributed by atoms with Crippen LogP contribution in [0.2, 0.25) is 5.02 Å². The summed E-state index contributed by atoms with van der Waals surface area (Å²) in [5, 5.41) is 4.13. The Morgan fingerprint density at radius 2 is 1.88 bits per heavy atom. The predicted octanol–water partition coefficient (Wildman–Crippen LogP) is 3.24. The van der Waals surface area contributed by atoms with Crippen molar-refractivity contribution >= 4 is 11.6 Å². The van der Waals surface area contributed by atoms with Crippen molar-refractivity contribution in [3.05, 3.63) is 64.9 Å². The molecule has 1 N–H and O–H groups in total. The minimum Gasteiger partial charge on any atom is -0.313 e. The van der Waals surface area contributed by atoms with E-state index in [-0.39, 0.29) is 6.04 Å². The molecule has 2 rings (SSSR count). The first-order valence-electron chi connectivity index (χ1n) is 5.62. The summed E-state index contributed by atoms with van der Waals surface area (Å²) in [6.45, 7) is 0. The summed E-state index contributed by atoms with van der Waals surface area (Å²) in [5.74, 6) is 0. The maximum Gasteiger partial charge on any atom is 0.0438 e. The molecule has 0 amide bonds. The zero-order valence-electron chi connectivity index (χ0n) is 9.73. The van der Waals surface area contributed by atoms with Crippen LogP contribution in [0, 0.1) is 0 Å². The third kappa shape index (κ3) is 3.05. The molecule has 0 aliphatic carbocycles. The summed E-state index contributed by atoms with van der Waals surface area (Å²) < 4.78 is 0. The quantitative estimate of drug-likeness (QED) is 0.896. The van der Waals surface area contributed by atoms with Crippen molar-refractivity contribution < 1.29 is 0 Å². The van der Waals surface area contributed by atoms with Crippen molar-refractivity contribution in [2.24, 2.45) is 0 Å². The number of aromatic nitrogens is 1. The van der Waals surface area contributed by atoms with Crippen molar-refractivity contribution in [1.82, 2.24) is 10.3 Å². The van der Waals surface area contributed by atoms with Crippen LogP contribution < -0.4 is 5.32 Å². The molecular weight excluding hydrogens is 232 g/mol. The van der Waals surface area contributed by atoms with Crippen molar-refractivity contribution in [2.75, 3.05) is 7.05 Å². The third-order valence-corrected chi connectivity index (χ3v) is 3.21. The Hall–Kier alpha value is -1.38. The van der Waals surface area contributed by atoms with Crippen molar-refractivity contribution in [3.63, 3.8) is 0 Å². The molecule has 0 bridgehead atoms. The van der Waals surface area contributed by atoms with Gasteiger partial charge in [0.1, 0.15) is 0 Å². The number of rotatable bonds is 4. The van der Waals surface area contributed by atoms with E-state index in [1.165, 1.54) is 5.56 Å². The average Bonchev–Trinajstić information content (AvgIpc) is 2.39. The van der Waals surface area contributed by atoms with Gasteiger partial charge in [-0.1, -0.05) is 29.8 Å². The Kier molecular flexibility index (Phi) is 4.13. The van der Waals surface area contributed by atoms with Crippen LogP contribution in [-0.4, -0.2) is 12.0 Å². The largest absolute Gasteiger partial charge is 0.313 e. The molecule has 1 aromatic carbocycles. The highest BCUT2D eigenvalue weighted by Crippen LogP contribution is 2.22. The molecule has 17 heavy (non-hydrogen) atoms. The Labute approximate surface area is 107 Å². The summed E-state index contributed by atoms with van der Waals surface area (Å²) in [6, 6.07) is 12.3. The number of pyridine rings is 1. The topological polar surface area (TPSA) is 24.9 Å². The highest BCUT2D eigenvalue weighted by Gasteiger charge is 2.11. The first-order chi connectivity index (χ1) is 8.31. The molecule has 88 valence electrons.